The predicted octanol–water partition coefficient (Wildman–Crippen LogP) is 5.17. The van der Waals surface area contributed by atoms with E-state index in [0.717, 1.165) is 11.1 Å². The summed E-state index contributed by atoms with van der Waals surface area (Å²) in [5.41, 5.74) is 2.14. The maximum absolute atomic E-state index is 11.1. The van der Waals surface area contributed by atoms with Gasteiger partial charge in [0.15, 0.2) is 0 Å². The normalized spacial score (nSPS) is 27.5. The first-order valence-corrected chi connectivity index (χ1v) is 6.96. The quantitative estimate of drug-likeness (QED) is 0.540. The molecule has 0 saturated carbocycles. The van der Waals surface area contributed by atoms with Gasteiger partial charge >= 0.3 is 0 Å². The molecule has 0 aliphatic heterocycles. The smallest absolute Gasteiger partial charge is 0.112 e. The van der Waals surface area contributed by atoms with Crippen molar-refractivity contribution in [3.05, 3.63) is 46.4 Å². The van der Waals surface area contributed by atoms with E-state index in [-0.39, 0.29) is 10.8 Å². The molecule has 1 radical (unpaired) electrons. The molecule has 1 aliphatic carbocycles. The van der Waals surface area contributed by atoms with Gasteiger partial charge in [-0.05, 0) is 29.3 Å². The average Bonchev–Trinajstić information content (AvgIpc) is 2.47. The Morgan fingerprint density at radius 2 is 1.79 bits per heavy atom. The van der Waals surface area contributed by atoms with Gasteiger partial charge in [0.05, 0.1) is 4.75 Å². The minimum atomic E-state index is -0.460. The van der Waals surface area contributed by atoms with Crippen molar-refractivity contribution in [2.75, 3.05) is 0 Å². The van der Waals surface area contributed by atoms with Gasteiger partial charge in [-0.2, -0.15) is 0 Å². The van der Waals surface area contributed by atoms with Gasteiger partial charge in [-0.1, -0.05) is 64.6 Å². The van der Waals surface area contributed by atoms with Crippen LogP contribution in [0.1, 0.15) is 45.7 Å². The molecule has 0 amide bonds. The monoisotopic (exact) mass is 274 g/mol. The lowest BCUT2D eigenvalue weighted by atomic mass is 9.68. The first-order valence-electron chi connectivity index (χ1n) is 6.55. The number of nitrogens with zero attached hydrogens (tertiary/aromatic N) is 1. The van der Waals surface area contributed by atoms with E-state index in [9.17, 15) is 4.91 Å². The van der Waals surface area contributed by atoms with Crippen LogP contribution in [0.3, 0.4) is 0 Å². The fourth-order valence-electron chi connectivity index (χ4n) is 3.61. The molecule has 0 fully saturated rings. The maximum atomic E-state index is 11.1. The first kappa shape index (κ1) is 14.3. The highest BCUT2D eigenvalue weighted by molar-refractivity contribution is 7.82. The lowest BCUT2D eigenvalue weighted by Crippen LogP contribution is -2.48. The largest absolute Gasteiger partial charge is 0.145 e. The van der Waals surface area contributed by atoms with Crippen molar-refractivity contribution in [3.63, 3.8) is 0 Å². The summed E-state index contributed by atoms with van der Waals surface area (Å²) < 4.78 is -0.460. The van der Waals surface area contributed by atoms with Gasteiger partial charge in [0.25, 0.3) is 0 Å². The van der Waals surface area contributed by atoms with Crippen LogP contribution in [0.15, 0.2) is 35.5 Å². The molecule has 2 rings (SSSR count). The van der Waals surface area contributed by atoms with Gasteiger partial charge in [-0.25, -0.2) is 0 Å². The molecular formula is C16H20NOS. The molecule has 0 aromatic heterocycles. The van der Waals surface area contributed by atoms with Crippen molar-refractivity contribution in [2.24, 2.45) is 5.18 Å². The van der Waals surface area contributed by atoms with Crippen molar-refractivity contribution >= 4 is 18.3 Å². The maximum Gasteiger partial charge on any atom is 0.112 e. The van der Waals surface area contributed by atoms with Crippen LogP contribution in [0.4, 0.5) is 5.69 Å². The second-order valence-electron chi connectivity index (χ2n) is 6.28. The van der Waals surface area contributed by atoms with E-state index in [1.54, 1.807) is 6.07 Å². The van der Waals surface area contributed by atoms with Crippen molar-refractivity contribution < 1.29 is 0 Å². The molecule has 0 saturated heterocycles. The third kappa shape index (κ3) is 1.57. The Bertz CT molecular complexity index is 560. The Hall–Kier alpha value is -1.09. The lowest BCUT2D eigenvalue weighted by Gasteiger charge is -2.43. The Labute approximate surface area is 120 Å². The molecule has 0 N–H and O–H groups in total. The minimum Gasteiger partial charge on any atom is -0.145 e. The van der Waals surface area contributed by atoms with Crippen LogP contribution in [-0.4, -0.2) is 4.75 Å². The van der Waals surface area contributed by atoms with Crippen LogP contribution < -0.4 is 0 Å². The van der Waals surface area contributed by atoms with Gasteiger partial charge in [0.2, 0.25) is 0 Å². The van der Waals surface area contributed by atoms with E-state index in [4.69, 9.17) is 12.6 Å². The van der Waals surface area contributed by atoms with Gasteiger partial charge in [-0.15, -0.1) is 4.91 Å². The average molecular weight is 274 g/mol. The molecule has 0 spiro atoms. The number of hydrogen-bond donors (Lipinski definition) is 0. The van der Waals surface area contributed by atoms with E-state index in [2.05, 4.69) is 45.0 Å². The summed E-state index contributed by atoms with van der Waals surface area (Å²) in [7, 11) is 0. The molecule has 101 valence electrons. The minimum absolute atomic E-state index is 0.214. The summed E-state index contributed by atoms with van der Waals surface area (Å²) in [5.74, 6) is 0. The van der Waals surface area contributed by atoms with E-state index >= 15 is 0 Å². The number of nitroso groups, excluding NO2 is 1. The molecule has 1 atom stereocenters. The van der Waals surface area contributed by atoms with E-state index in [0.29, 0.717) is 5.69 Å². The molecule has 1 aromatic rings. The van der Waals surface area contributed by atoms with Crippen LogP contribution in [0, 0.1) is 4.91 Å². The summed E-state index contributed by atoms with van der Waals surface area (Å²) >= 11 is 6.02. The third-order valence-electron chi connectivity index (χ3n) is 4.70. The Balaban J connectivity index is 2.87. The van der Waals surface area contributed by atoms with Crippen LogP contribution >= 0.6 is 12.6 Å². The Morgan fingerprint density at radius 3 is 2.32 bits per heavy atom. The van der Waals surface area contributed by atoms with Gasteiger partial charge in [-0.3, -0.25) is 0 Å². The van der Waals surface area contributed by atoms with Gasteiger partial charge < -0.3 is 0 Å². The van der Waals surface area contributed by atoms with Crippen molar-refractivity contribution in [1.82, 2.24) is 0 Å². The zero-order valence-electron chi connectivity index (χ0n) is 12.2. The standard InChI is InChI=1S/C16H20NOS/c1-6-10-16(19)14(2,3)11-8-7-9-12(17-18)13(11)15(16,4)5/h6-10H,1-5H3/b10-6+. The van der Waals surface area contributed by atoms with E-state index < -0.39 is 4.75 Å². The molecule has 2 nitrogen and oxygen atoms in total. The fraction of sp³-hybridized carbons (Fsp3) is 0.500. The number of fused-ring (bicyclic) bond motifs is 1. The summed E-state index contributed by atoms with van der Waals surface area (Å²) in [6, 6.07) is 5.74. The number of benzene rings is 1. The molecule has 3 heteroatoms. The zero-order chi connectivity index (χ0) is 14.5. The topological polar surface area (TPSA) is 29.4 Å². The van der Waals surface area contributed by atoms with E-state index in [1.165, 1.54) is 0 Å². The molecule has 1 unspecified atom stereocenters. The number of allylic oxidation sites excluding steroid dienone is 1. The highest BCUT2D eigenvalue weighted by Gasteiger charge is 2.60. The third-order valence-corrected chi connectivity index (χ3v) is 5.85. The predicted molar refractivity (Wildman–Crippen MR) is 83.1 cm³/mol. The van der Waals surface area contributed by atoms with Crippen LogP contribution in [0.2, 0.25) is 0 Å². The van der Waals surface area contributed by atoms with Gasteiger partial charge in [0, 0.05) is 10.8 Å². The molecule has 0 bridgehead atoms. The summed E-state index contributed by atoms with van der Waals surface area (Å²) in [6.07, 6.45) is 4.10. The van der Waals surface area contributed by atoms with Crippen molar-refractivity contribution in [3.8, 4) is 0 Å². The second-order valence-corrected chi connectivity index (χ2v) is 6.92. The van der Waals surface area contributed by atoms with Crippen LogP contribution in [0.25, 0.3) is 0 Å². The summed E-state index contributed by atoms with van der Waals surface area (Å²) in [5, 5.41) is 3.21. The molecule has 0 heterocycles. The second kappa shape index (κ2) is 4.20. The summed E-state index contributed by atoms with van der Waals surface area (Å²) in [6.45, 7) is 10.5. The fourth-order valence-corrected chi connectivity index (χ4v) is 3.96. The zero-order valence-corrected chi connectivity index (χ0v) is 13.0. The van der Waals surface area contributed by atoms with E-state index in [1.807, 2.05) is 19.1 Å². The highest BCUT2D eigenvalue weighted by atomic mass is 32.1. The SMILES string of the molecule is C/C=C/C1([S])C(C)(C)c2cccc(N=O)c2C1(C)C. The number of hydrogen-bond acceptors (Lipinski definition) is 2. The van der Waals surface area contributed by atoms with Crippen molar-refractivity contribution in [2.45, 2.75) is 50.2 Å². The first-order chi connectivity index (χ1) is 8.74. The Kier molecular flexibility index (Phi) is 3.17. The van der Waals surface area contributed by atoms with Gasteiger partial charge in [0.1, 0.15) is 5.69 Å². The van der Waals surface area contributed by atoms with Crippen LogP contribution in [-0.2, 0) is 10.8 Å². The molecule has 1 aromatic carbocycles. The van der Waals surface area contributed by atoms with Crippen molar-refractivity contribution in [1.29, 1.82) is 0 Å². The Morgan fingerprint density at radius 1 is 1.16 bits per heavy atom. The van der Waals surface area contributed by atoms with Crippen LogP contribution in [0.5, 0.6) is 0 Å². The highest BCUT2D eigenvalue weighted by Crippen LogP contribution is 2.62. The molecular weight excluding hydrogens is 254 g/mol. The molecule has 19 heavy (non-hydrogen) atoms. The number of rotatable bonds is 2. The molecule has 1 aliphatic rings. The summed E-state index contributed by atoms with van der Waals surface area (Å²) in [4.78, 5) is 11.1. The lowest BCUT2D eigenvalue weighted by molar-refractivity contribution is 0.343.